The first-order chi connectivity index (χ1) is 16.5. The number of anilines is 1. The van der Waals surface area contributed by atoms with Crippen LogP contribution in [0.4, 0.5) is 11.4 Å². The number of nitro benzene ring substituents is 1. The average molecular weight is 475 g/mol. The molecule has 1 heterocycles. The van der Waals surface area contributed by atoms with Gasteiger partial charge in [0.05, 0.1) is 21.6 Å². The summed E-state index contributed by atoms with van der Waals surface area (Å²) in [6.45, 7) is 0.458. The maximum Gasteiger partial charge on any atom is 0.292 e. The van der Waals surface area contributed by atoms with E-state index in [1.807, 2.05) is 36.4 Å². The molecule has 0 fully saturated rings. The summed E-state index contributed by atoms with van der Waals surface area (Å²) in [6.07, 6.45) is 1.54. The molecule has 1 amide bonds. The van der Waals surface area contributed by atoms with Gasteiger partial charge in [-0.2, -0.15) is 0 Å². The standard InChI is InChI=1S/C25H22N4O4S/c30-23(26-21-14-6-7-15-22(21)29(32)33)17-34-25-27-20-13-5-4-12-19(20)24(31)28(25)16-8-11-18-9-2-1-3-10-18/h1-7,9-10,12-15H,8,11,16-17H2,(H,26,30). The zero-order valence-electron chi connectivity index (χ0n) is 18.2. The van der Waals surface area contributed by atoms with Crippen LogP contribution in [0.5, 0.6) is 0 Å². The summed E-state index contributed by atoms with van der Waals surface area (Å²) in [4.78, 5) is 41.0. The molecule has 172 valence electrons. The number of para-hydroxylation sites is 3. The number of rotatable bonds is 9. The summed E-state index contributed by atoms with van der Waals surface area (Å²) in [5.41, 5.74) is 1.54. The van der Waals surface area contributed by atoms with Gasteiger partial charge < -0.3 is 5.32 Å². The quantitative estimate of drug-likeness (QED) is 0.164. The largest absolute Gasteiger partial charge is 0.320 e. The van der Waals surface area contributed by atoms with Crippen molar-refractivity contribution in [1.82, 2.24) is 9.55 Å². The molecule has 0 bridgehead atoms. The highest BCUT2D eigenvalue weighted by Gasteiger charge is 2.17. The lowest BCUT2D eigenvalue weighted by atomic mass is 10.1. The minimum atomic E-state index is -0.544. The van der Waals surface area contributed by atoms with E-state index in [-0.39, 0.29) is 22.7 Å². The van der Waals surface area contributed by atoms with Gasteiger partial charge in [-0.25, -0.2) is 4.98 Å². The highest BCUT2D eigenvalue weighted by Crippen LogP contribution is 2.24. The molecule has 1 aromatic heterocycles. The highest BCUT2D eigenvalue weighted by molar-refractivity contribution is 7.99. The van der Waals surface area contributed by atoms with E-state index in [0.717, 1.165) is 24.6 Å². The Balaban J connectivity index is 1.52. The Kier molecular flexibility index (Phi) is 7.34. The SMILES string of the molecule is O=C(CSc1nc2ccccc2c(=O)n1CCCc1ccccc1)Nc1ccccc1[N+](=O)[O-]. The lowest BCUT2D eigenvalue weighted by Gasteiger charge is -2.13. The van der Waals surface area contributed by atoms with Gasteiger partial charge in [-0.15, -0.1) is 0 Å². The normalized spacial score (nSPS) is 10.8. The number of thioether (sulfide) groups is 1. The fraction of sp³-hybridized carbons (Fsp3) is 0.160. The molecule has 9 heteroatoms. The van der Waals surface area contributed by atoms with Crippen LogP contribution in [0.3, 0.4) is 0 Å². The van der Waals surface area contributed by atoms with Gasteiger partial charge in [0.15, 0.2) is 5.16 Å². The second-order valence-corrected chi connectivity index (χ2v) is 8.51. The molecule has 1 N–H and O–H groups in total. The van der Waals surface area contributed by atoms with Crippen molar-refractivity contribution < 1.29 is 9.72 Å². The smallest absolute Gasteiger partial charge is 0.292 e. The first-order valence-electron chi connectivity index (χ1n) is 10.7. The third-order valence-corrected chi connectivity index (χ3v) is 6.20. The number of fused-ring (bicyclic) bond motifs is 1. The van der Waals surface area contributed by atoms with Gasteiger partial charge in [0.25, 0.3) is 11.2 Å². The van der Waals surface area contributed by atoms with E-state index in [1.54, 1.807) is 28.8 Å². The molecule has 0 radical (unpaired) electrons. The summed E-state index contributed by atoms with van der Waals surface area (Å²) in [6, 6.07) is 23.1. The summed E-state index contributed by atoms with van der Waals surface area (Å²) in [5, 5.41) is 14.7. The molecule has 0 aliphatic rings. The fourth-order valence-corrected chi connectivity index (χ4v) is 4.42. The lowest BCUT2D eigenvalue weighted by molar-refractivity contribution is -0.383. The number of nitrogens with zero attached hydrogens (tertiary/aromatic N) is 3. The van der Waals surface area contributed by atoms with Gasteiger partial charge >= 0.3 is 0 Å². The van der Waals surface area contributed by atoms with Crippen molar-refractivity contribution in [1.29, 1.82) is 0 Å². The number of nitrogens with one attached hydrogen (secondary N) is 1. The monoisotopic (exact) mass is 474 g/mol. The summed E-state index contributed by atoms with van der Waals surface area (Å²) < 4.78 is 1.61. The highest BCUT2D eigenvalue weighted by atomic mass is 32.2. The molecule has 0 aliphatic heterocycles. The molecule has 0 aliphatic carbocycles. The van der Waals surface area contributed by atoms with Gasteiger partial charge in [0.1, 0.15) is 5.69 Å². The molecular weight excluding hydrogens is 452 g/mol. The molecule has 4 aromatic rings. The number of aryl methyl sites for hydroxylation is 1. The Hall–Kier alpha value is -3.98. The van der Waals surface area contributed by atoms with E-state index in [4.69, 9.17) is 0 Å². The van der Waals surface area contributed by atoms with Crippen molar-refractivity contribution in [3.63, 3.8) is 0 Å². The Labute approximate surface area is 199 Å². The number of benzene rings is 3. The van der Waals surface area contributed by atoms with Crippen LogP contribution in [0.1, 0.15) is 12.0 Å². The molecule has 0 atom stereocenters. The van der Waals surface area contributed by atoms with Crippen LogP contribution < -0.4 is 10.9 Å². The van der Waals surface area contributed by atoms with Crippen LogP contribution in [-0.2, 0) is 17.8 Å². The van der Waals surface area contributed by atoms with Crippen LogP contribution in [-0.4, -0.2) is 26.1 Å². The van der Waals surface area contributed by atoms with Crippen LogP contribution in [0.15, 0.2) is 88.8 Å². The molecule has 0 saturated heterocycles. The second-order valence-electron chi connectivity index (χ2n) is 7.57. The van der Waals surface area contributed by atoms with Crippen molar-refractivity contribution in [3.8, 4) is 0 Å². The fourth-order valence-electron chi connectivity index (χ4n) is 3.60. The number of nitro groups is 1. The van der Waals surface area contributed by atoms with Crippen molar-refractivity contribution >= 4 is 39.9 Å². The predicted octanol–water partition coefficient (Wildman–Crippen LogP) is 4.67. The van der Waals surface area contributed by atoms with Crippen molar-refractivity contribution in [2.75, 3.05) is 11.1 Å². The number of carbonyl (C=O) groups excluding carboxylic acids is 1. The van der Waals surface area contributed by atoms with E-state index in [0.29, 0.717) is 22.6 Å². The predicted molar refractivity (Wildman–Crippen MR) is 133 cm³/mol. The van der Waals surface area contributed by atoms with E-state index in [1.165, 1.54) is 23.8 Å². The zero-order chi connectivity index (χ0) is 23.9. The summed E-state index contributed by atoms with van der Waals surface area (Å²) >= 11 is 1.13. The first-order valence-corrected chi connectivity index (χ1v) is 11.7. The average Bonchev–Trinajstić information content (AvgIpc) is 2.85. The molecular formula is C25H22N4O4S. The second kappa shape index (κ2) is 10.8. The number of amides is 1. The maximum atomic E-state index is 13.2. The Morgan fingerprint density at radius 1 is 1.00 bits per heavy atom. The number of hydrogen-bond acceptors (Lipinski definition) is 6. The minimum Gasteiger partial charge on any atom is -0.320 e. The van der Waals surface area contributed by atoms with Crippen LogP contribution in [0.2, 0.25) is 0 Å². The van der Waals surface area contributed by atoms with Gasteiger partial charge in [-0.1, -0.05) is 66.4 Å². The van der Waals surface area contributed by atoms with Crippen molar-refractivity contribution in [3.05, 3.63) is 105 Å². The van der Waals surface area contributed by atoms with E-state index < -0.39 is 10.8 Å². The summed E-state index contributed by atoms with van der Waals surface area (Å²) in [7, 11) is 0. The molecule has 4 rings (SSSR count). The van der Waals surface area contributed by atoms with E-state index >= 15 is 0 Å². The third kappa shape index (κ3) is 5.49. The topological polar surface area (TPSA) is 107 Å². The molecule has 34 heavy (non-hydrogen) atoms. The van der Waals surface area contributed by atoms with Crippen molar-refractivity contribution in [2.24, 2.45) is 0 Å². The van der Waals surface area contributed by atoms with Gasteiger partial charge in [0, 0.05) is 12.6 Å². The van der Waals surface area contributed by atoms with Crippen molar-refractivity contribution in [2.45, 2.75) is 24.5 Å². The maximum absolute atomic E-state index is 13.2. The lowest BCUT2D eigenvalue weighted by Crippen LogP contribution is -2.24. The van der Waals surface area contributed by atoms with Gasteiger partial charge in [-0.3, -0.25) is 24.3 Å². The molecule has 0 spiro atoms. The Morgan fingerprint density at radius 3 is 2.50 bits per heavy atom. The first kappa shape index (κ1) is 23.2. The van der Waals surface area contributed by atoms with Crippen LogP contribution in [0, 0.1) is 10.1 Å². The van der Waals surface area contributed by atoms with Gasteiger partial charge in [0.2, 0.25) is 5.91 Å². The number of aromatic nitrogens is 2. The molecule has 0 unspecified atom stereocenters. The Bertz CT molecular complexity index is 1390. The van der Waals surface area contributed by atoms with E-state index in [2.05, 4.69) is 10.3 Å². The molecule has 8 nitrogen and oxygen atoms in total. The summed E-state index contributed by atoms with van der Waals surface area (Å²) in [5.74, 6) is -0.465. The van der Waals surface area contributed by atoms with Crippen LogP contribution in [0.25, 0.3) is 10.9 Å². The molecule has 3 aromatic carbocycles. The molecule has 0 saturated carbocycles. The van der Waals surface area contributed by atoms with Gasteiger partial charge in [-0.05, 0) is 36.6 Å². The Morgan fingerprint density at radius 2 is 1.71 bits per heavy atom. The zero-order valence-corrected chi connectivity index (χ0v) is 19.0. The number of hydrogen-bond donors (Lipinski definition) is 1. The number of carbonyl (C=O) groups is 1. The third-order valence-electron chi connectivity index (χ3n) is 5.22. The van der Waals surface area contributed by atoms with Crippen LogP contribution >= 0.6 is 11.8 Å². The van der Waals surface area contributed by atoms with E-state index in [9.17, 15) is 19.7 Å². The minimum absolute atomic E-state index is 0.0461.